The number of amides is 1. The average Bonchev–Trinajstić information content (AvgIpc) is 2.88. The van der Waals surface area contributed by atoms with Gasteiger partial charge in [0.1, 0.15) is 6.61 Å². The van der Waals surface area contributed by atoms with Crippen LogP contribution in [-0.2, 0) is 11.3 Å². The van der Waals surface area contributed by atoms with Crippen molar-refractivity contribution in [1.29, 1.82) is 0 Å². The highest BCUT2D eigenvalue weighted by Gasteiger charge is 2.36. The summed E-state index contributed by atoms with van der Waals surface area (Å²) in [7, 11) is 1.55. The van der Waals surface area contributed by atoms with E-state index in [2.05, 4.69) is 17.4 Å². The van der Waals surface area contributed by atoms with Crippen molar-refractivity contribution >= 4 is 5.91 Å². The van der Waals surface area contributed by atoms with Crippen LogP contribution in [0.4, 0.5) is 0 Å². The van der Waals surface area contributed by atoms with Gasteiger partial charge >= 0.3 is 0 Å². The van der Waals surface area contributed by atoms with Gasteiger partial charge in [-0.05, 0) is 18.8 Å². The fourth-order valence-corrected chi connectivity index (χ4v) is 2.89. The number of hydrogen-bond acceptors (Lipinski definition) is 5. The quantitative estimate of drug-likeness (QED) is 0.854. The van der Waals surface area contributed by atoms with Crippen molar-refractivity contribution in [3.05, 3.63) is 17.5 Å². The van der Waals surface area contributed by atoms with E-state index in [0.717, 1.165) is 25.7 Å². The summed E-state index contributed by atoms with van der Waals surface area (Å²) in [6.45, 7) is 2.37. The summed E-state index contributed by atoms with van der Waals surface area (Å²) in [6.07, 6.45) is 3.73. The van der Waals surface area contributed by atoms with Gasteiger partial charge in [-0.15, -0.1) is 0 Å². The van der Waals surface area contributed by atoms with Crippen LogP contribution < -0.4 is 5.32 Å². The summed E-state index contributed by atoms with van der Waals surface area (Å²) in [5.41, 5.74) is -0.308. The van der Waals surface area contributed by atoms with E-state index >= 15 is 0 Å². The Kier molecular flexibility index (Phi) is 4.77. The third-order valence-electron chi connectivity index (χ3n) is 3.85. The number of aromatic nitrogens is 1. The Morgan fingerprint density at radius 2 is 2.50 bits per heavy atom. The summed E-state index contributed by atoms with van der Waals surface area (Å²) < 4.78 is 9.93. The SMILES string of the molecule is COCc1cc(C(=O)NC2(CO)CCCC(C)C2)no1. The Labute approximate surface area is 118 Å². The fraction of sp³-hybridized carbons (Fsp3) is 0.714. The lowest BCUT2D eigenvalue weighted by molar-refractivity contribution is 0.0689. The van der Waals surface area contributed by atoms with Gasteiger partial charge in [0.25, 0.3) is 5.91 Å². The zero-order valence-electron chi connectivity index (χ0n) is 12.0. The number of hydrogen-bond donors (Lipinski definition) is 2. The highest BCUT2D eigenvalue weighted by molar-refractivity contribution is 5.92. The van der Waals surface area contributed by atoms with Gasteiger partial charge in [0.2, 0.25) is 0 Å². The number of rotatable bonds is 5. The Hall–Kier alpha value is -1.40. The zero-order valence-corrected chi connectivity index (χ0v) is 12.0. The smallest absolute Gasteiger partial charge is 0.273 e. The van der Waals surface area contributed by atoms with Gasteiger partial charge in [-0.2, -0.15) is 0 Å². The lowest BCUT2D eigenvalue weighted by Gasteiger charge is -2.39. The minimum atomic E-state index is -0.533. The van der Waals surface area contributed by atoms with Gasteiger partial charge < -0.3 is 19.7 Å². The van der Waals surface area contributed by atoms with Gasteiger partial charge in [-0.3, -0.25) is 4.79 Å². The molecule has 0 spiro atoms. The van der Waals surface area contributed by atoms with E-state index in [9.17, 15) is 9.90 Å². The molecule has 1 fully saturated rings. The second kappa shape index (κ2) is 6.37. The van der Waals surface area contributed by atoms with Crippen LogP contribution in [0.25, 0.3) is 0 Å². The molecule has 0 saturated heterocycles. The van der Waals surface area contributed by atoms with Crippen molar-refractivity contribution in [1.82, 2.24) is 10.5 Å². The molecule has 1 aromatic heterocycles. The topological polar surface area (TPSA) is 84.6 Å². The number of aliphatic hydroxyl groups is 1. The molecule has 0 aliphatic heterocycles. The van der Waals surface area contributed by atoms with Crippen LogP contribution in [-0.4, -0.2) is 35.4 Å². The molecule has 0 bridgehead atoms. The second-order valence-corrected chi connectivity index (χ2v) is 5.71. The zero-order chi connectivity index (χ0) is 14.6. The first-order valence-electron chi connectivity index (χ1n) is 6.96. The summed E-state index contributed by atoms with van der Waals surface area (Å²) >= 11 is 0. The molecule has 1 saturated carbocycles. The fourth-order valence-electron chi connectivity index (χ4n) is 2.89. The maximum absolute atomic E-state index is 12.2. The van der Waals surface area contributed by atoms with Gasteiger partial charge in [-0.1, -0.05) is 24.9 Å². The van der Waals surface area contributed by atoms with Crippen molar-refractivity contribution in [2.24, 2.45) is 5.92 Å². The van der Waals surface area contributed by atoms with E-state index in [1.54, 1.807) is 13.2 Å². The van der Waals surface area contributed by atoms with Gasteiger partial charge in [0.05, 0.1) is 12.1 Å². The van der Waals surface area contributed by atoms with Crippen LogP contribution in [0, 0.1) is 5.92 Å². The molecule has 1 aliphatic rings. The Morgan fingerprint density at radius 1 is 1.70 bits per heavy atom. The molecule has 2 atom stereocenters. The van der Waals surface area contributed by atoms with Crippen molar-refractivity contribution < 1.29 is 19.2 Å². The number of carbonyl (C=O) groups is 1. The summed E-state index contributed by atoms with van der Waals surface area (Å²) in [5.74, 6) is 0.699. The number of methoxy groups -OCH3 is 1. The normalized spacial score (nSPS) is 26.4. The summed E-state index contributed by atoms with van der Waals surface area (Å²) in [4.78, 5) is 12.2. The minimum Gasteiger partial charge on any atom is -0.394 e. The average molecular weight is 282 g/mol. The largest absolute Gasteiger partial charge is 0.394 e. The van der Waals surface area contributed by atoms with E-state index < -0.39 is 5.54 Å². The van der Waals surface area contributed by atoms with E-state index in [1.807, 2.05) is 0 Å². The van der Waals surface area contributed by atoms with Crippen molar-refractivity contribution in [3.8, 4) is 0 Å². The molecule has 6 heteroatoms. The number of nitrogens with zero attached hydrogens (tertiary/aromatic N) is 1. The highest BCUT2D eigenvalue weighted by Crippen LogP contribution is 2.32. The first-order chi connectivity index (χ1) is 9.58. The number of ether oxygens (including phenoxy) is 1. The van der Waals surface area contributed by atoms with E-state index in [4.69, 9.17) is 9.26 Å². The first-order valence-corrected chi connectivity index (χ1v) is 6.96. The lowest BCUT2D eigenvalue weighted by Crippen LogP contribution is -2.53. The van der Waals surface area contributed by atoms with Crippen LogP contribution >= 0.6 is 0 Å². The summed E-state index contributed by atoms with van der Waals surface area (Å²) in [5, 5.41) is 16.3. The molecule has 1 heterocycles. The van der Waals surface area contributed by atoms with Crippen LogP contribution in [0.2, 0.25) is 0 Å². The third-order valence-corrected chi connectivity index (χ3v) is 3.85. The van der Waals surface area contributed by atoms with E-state index in [1.165, 1.54) is 0 Å². The van der Waals surface area contributed by atoms with Crippen molar-refractivity contribution in [3.63, 3.8) is 0 Å². The van der Waals surface area contributed by atoms with Crippen LogP contribution in [0.3, 0.4) is 0 Å². The molecular formula is C14H22N2O4. The predicted molar refractivity (Wildman–Crippen MR) is 72.1 cm³/mol. The van der Waals surface area contributed by atoms with E-state index in [-0.39, 0.29) is 24.8 Å². The number of nitrogens with one attached hydrogen (secondary N) is 1. The number of carbonyl (C=O) groups excluding carboxylic acids is 1. The van der Waals surface area contributed by atoms with Crippen molar-refractivity contribution in [2.75, 3.05) is 13.7 Å². The molecule has 2 N–H and O–H groups in total. The van der Waals surface area contributed by atoms with Gasteiger partial charge in [0.15, 0.2) is 11.5 Å². The second-order valence-electron chi connectivity index (χ2n) is 5.71. The molecule has 1 aromatic rings. The maximum atomic E-state index is 12.2. The van der Waals surface area contributed by atoms with Crippen LogP contribution in [0.1, 0.15) is 48.9 Å². The first kappa shape index (κ1) is 15.0. The molecule has 1 amide bonds. The standard InChI is InChI=1S/C14H22N2O4/c1-10-4-3-5-14(7-10,9-17)15-13(18)12-6-11(8-19-2)20-16-12/h6,10,17H,3-5,7-9H2,1-2H3,(H,15,18). The summed E-state index contributed by atoms with van der Waals surface area (Å²) in [6, 6.07) is 1.57. The van der Waals surface area contributed by atoms with Crippen LogP contribution in [0.5, 0.6) is 0 Å². The highest BCUT2D eigenvalue weighted by atomic mass is 16.5. The third kappa shape index (κ3) is 3.37. The molecule has 0 radical (unpaired) electrons. The molecule has 0 aromatic carbocycles. The number of aliphatic hydroxyl groups excluding tert-OH is 1. The lowest BCUT2D eigenvalue weighted by atomic mass is 9.77. The molecule has 2 unspecified atom stereocenters. The monoisotopic (exact) mass is 282 g/mol. The molecule has 2 rings (SSSR count). The Morgan fingerprint density at radius 3 is 3.15 bits per heavy atom. The molecule has 1 aliphatic carbocycles. The minimum absolute atomic E-state index is 0.0497. The molecular weight excluding hydrogens is 260 g/mol. The predicted octanol–water partition coefficient (Wildman–Crippen LogP) is 1.49. The van der Waals surface area contributed by atoms with E-state index in [0.29, 0.717) is 11.7 Å². The maximum Gasteiger partial charge on any atom is 0.273 e. The Balaban J connectivity index is 2.04. The van der Waals surface area contributed by atoms with Crippen LogP contribution in [0.15, 0.2) is 10.6 Å². The molecule has 6 nitrogen and oxygen atoms in total. The van der Waals surface area contributed by atoms with Gasteiger partial charge in [0, 0.05) is 13.2 Å². The van der Waals surface area contributed by atoms with Crippen molar-refractivity contribution in [2.45, 2.75) is 44.8 Å². The van der Waals surface area contributed by atoms with Gasteiger partial charge in [-0.25, -0.2) is 0 Å². The molecule has 20 heavy (non-hydrogen) atoms. The Bertz CT molecular complexity index is 460. The molecule has 112 valence electrons.